The first-order valence-corrected chi connectivity index (χ1v) is 6.09. The predicted molar refractivity (Wildman–Crippen MR) is 71.8 cm³/mol. The number of rotatable bonds is 5. The smallest absolute Gasteiger partial charge is 0.308 e. The Kier molecular flexibility index (Phi) is 5.04. The Bertz CT molecular complexity index is 561. The molecule has 8 heteroatoms. The highest BCUT2D eigenvalue weighted by Crippen LogP contribution is 2.23. The normalized spacial score (nSPS) is 13.3. The molecular formula is C12H13ClN2O5. The lowest BCUT2D eigenvalue weighted by Gasteiger charge is -2.17. The highest BCUT2D eigenvalue weighted by atomic mass is 35.5. The minimum absolute atomic E-state index is 0.139. The first-order valence-electron chi connectivity index (χ1n) is 5.71. The molecule has 1 aromatic rings. The quantitative estimate of drug-likeness (QED) is 0.639. The number of hydrogen-bond donors (Lipinski definition) is 2. The second-order valence-electron chi connectivity index (χ2n) is 4.31. The molecule has 0 aliphatic carbocycles. The van der Waals surface area contributed by atoms with E-state index in [1.54, 1.807) is 0 Å². The largest absolute Gasteiger partial charge is 0.481 e. The van der Waals surface area contributed by atoms with Crippen molar-refractivity contribution in [1.29, 1.82) is 0 Å². The molecule has 2 atom stereocenters. The van der Waals surface area contributed by atoms with E-state index >= 15 is 0 Å². The monoisotopic (exact) mass is 300 g/mol. The van der Waals surface area contributed by atoms with Crippen molar-refractivity contribution in [1.82, 2.24) is 5.32 Å². The molecule has 108 valence electrons. The van der Waals surface area contributed by atoms with Gasteiger partial charge in [-0.15, -0.1) is 0 Å². The number of amides is 1. The Morgan fingerprint density at radius 3 is 2.50 bits per heavy atom. The topological polar surface area (TPSA) is 110 Å². The van der Waals surface area contributed by atoms with Gasteiger partial charge in [0.15, 0.2) is 0 Å². The molecule has 0 aliphatic rings. The van der Waals surface area contributed by atoms with Gasteiger partial charge in [-0.2, -0.15) is 0 Å². The molecule has 1 aromatic carbocycles. The van der Waals surface area contributed by atoms with Crippen LogP contribution in [-0.2, 0) is 4.79 Å². The van der Waals surface area contributed by atoms with E-state index in [1.807, 2.05) is 0 Å². The van der Waals surface area contributed by atoms with Gasteiger partial charge >= 0.3 is 5.97 Å². The zero-order valence-electron chi connectivity index (χ0n) is 10.8. The molecule has 2 N–H and O–H groups in total. The molecule has 0 aliphatic heterocycles. The number of nitrogens with one attached hydrogen (secondary N) is 1. The number of carbonyl (C=O) groups excluding carboxylic acids is 1. The highest BCUT2D eigenvalue weighted by molar-refractivity contribution is 6.31. The molecule has 1 rings (SSSR count). The third-order valence-corrected chi connectivity index (χ3v) is 3.13. The molecule has 0 bridgehead atoms. The van der Waals surface area contributed by atoms with Crippen LogP contribution < -0.4 is 5.32 Å². The summed E-state index contributed by atoms with van der Waals surface area (Å²) in [5.41, 5.74) is -0.589. The fourth-order valence-electron chi connectivity index (χ4n) is 1.47. The molecule has 20 heavy (non-hydrogen) atoms. The summed E-state index contributed by atoms with van der Waals surface area (Å²) in [5.74, 6) is -2.59. The fraction of sp³-hybridized carbons (Fsp3) is 0.333. The Labute approximate surface area is 119 Å². The number of carboxylic acids is 1. The van der Waals surface area contributed by atoms with E-state index in [9.17, 15) is 19.7 Å². The van der Waals surface area contributed by atoms with Crippen LogP contribution in [0.4, 0.5) is 5.69 Å². The summed E-state index contributed by atoms with van der Waals surface area (Å²) >= 11 is 5.65. The van der Waals surface area contributed by atoms with Gasteiger partial charge in [0.05, 0.1) is 10.8 Å². The minimum atomic E-state index is -1.07. The number of halogens is 1. The molecule has 0 spiro atoms. The average molecular weight is 301 g/mol. The number of benzene rings is 1. The summed E-state index contributed by atoms with van der Waals surface area (Å²) < 4.78 is 0. The SMILES string of the molecule is CC(NC(=O)c1ccc(Cl)cc1[N+](=O)[O-])C(C)C(=O)O. The standard InChI is InChI=1S/C12H13ClN2O5/c1-6(12(17)18)7(2)14-11(16)9-4-3-8(13)5-10(9)15(19)20/h3-7H,1-2H3,(H,14,16)(H,17,18). The number of carbonyl (C=O) groups is 2. The second-order valence-corrected chi connectivity index (χ2v) is 4.74. The Balaban J connectivity index is 2.99. The number of aliphatic carboxylic acids is 1. The number of hydrogen-bond acceptors (Lipinski definition) is 4. The maximum Gasteiger partial charge on any atom is 0.308 e. The first-order chi connectivity index (χ1) is 9.23. The summed E-state index contributed by atoms with van der Waals surface area (Å²) in [6.07, 6.45) is 0. The van der Waals surface area contributed by atoms with Gasteiger partial charge in [-0.25, -0.2) is 0 Å². The van der Waals surface area contributed by atoms with Crippen LogP contribution in [0.15, 0.2) is 18.2 Å². The van der Waals surface area contributed by atoms with Gasteiger partial charge in [-0.3, -0.25) is 19.7 Å². The van der Waals surface area contributed by atoms with E-state index in [0.29, 0.717) is 0 Å². The van der Waals surface area contributed by atoms with Crippen molar-refractivity contribution in [2.45, 2.75) is 19.9 Å². The molecule has 7 nitrogen and oxygen atoms in total. The van der Waals surface area contributed by atoms with Crippen LogP contribution in [0, 0.1) is 16.0 Å². The summed E-state index contributed by atoms with van der Waals surface area (Å²) in [5, 5.41) is 22.3. The summed E-state index contributed by atoms with van der Waals surface area (Å²) in [6.45, 7) is 2.95. The Morgan fingerprint density at radius 2 is 2.00 bits per heavy atom. The van der Waals surface area contributed by atoms with Crippen molar-refractivity contribution in [3.8, 4) is 0 Å². The molecule has 0 saturated heterocycles. The summed E-state index contributed by atoms with van der Waals surface area (Å²) in [4.78, 5) is 32.9. The molecule has 0 fully saturated rings. The van der Waals surface area contributed by atoms with Crippen molar-refractivity contribution >= 4 is 29.2 Å². The van der Waals surface area contributed by atoms with Crippen molar-refractivity contribution in [2.75, 3.05) is 0 Å². The summed E-state index contributed by atoms with van der Waals surface area (Å²) in [6, 6.07) is 2.99. The minimum Gasteiger partial charge on any atom is -0.481 e. The van der Waals surface area contributed by atoms with Gasteiger partial charge in [0.25, 0.3) is 11.6 Å². The van der Waals surface area contributed by atoms with E-state index in [1.165, 1.54) is 26.0 Å². The molecular weight excluding hydrogens is 288 g/mol. The Morgan fingerprint density at radius 1 is 1.40 bits per heavy atom. The van der Waals surface area contributed by atoms with Gasteiger partial charge in [0.2, 0.25) is 0 Å². The van der Waals surface area contributed by atoms with Crippen LogP contribution in [0.5, 0.6) is 0 Å². The van der Waals surface area contributed by atoms with E-state index in [4.69, 9.17) is 16.7 Å². The van der Waals surface area contributed by atoms with Crippen molar-refractivity contribution in [3.05, 3.63) is 38.9 Å². The van der Waals surface area contributed by atoms with E-state index in [-0.39, 0.29) is 10.6 Å². The number of nitrogens with zero attached hydrogens (tertiary/aromatic N) is 1. The summed E-state index contributed by atoms with van der Waals surface area (Å²) in [7, 11) is 0. The van der Waals surface area contributed by atoms with Crippen LogP contribution in [0.2, 0.25) is 5.02 Å². The van der Waals surface area contributed by atoms with E-state index in [2.05, 4.69) is 5.32 Å². The third kappa shape index (κ3) is 3.67. The lowest BCUT2D eigenvalue weighted by molar-refractivity contribution is -0.385. The maximum atomic E-state index is 12.0. The molecule has 2 unspecified atom stereocenters. The van der Waals surface area contributed by atoms with Crippen LogP contribution in [0.25, 0.3) is 0 Å². The van der Waals surface area contributed by atoms with Gasteiger partial charge < -0.3 is 10.4 Å². The number of carboxylic acid groups (broad SMARTS) is 1. The van der Waals surface area contributed by atoms with Crippen LogP contribution in [-0.4, -0.2) is 27.9 Å². The molecule has 0 radical (unpaired) electrons. The third-order valence-electron chi connectivity index (χ3n) is 2.90. The lowest BCUT2D eigenvalue weighted by atomic mass is 10.0. The average Bonchev–Trinajstić information content (AvgIpc) is 2.37. The fourth-order valence-corrected chi connectivity index (χ4v) is 1.64. The molecule has 0 heterocycles. The molecule has 0 saturated carbocycles. The Hall–Kier alpha value is -2.15. The number of nitro benzene ring substituents is 1. The molecule has 0 aromatic heterocycles. The van der Waals surface area contributed by atoms with Gasteiger partial charge in [0, 0.05) is 17.1 Å². The van der Waals surface area contributed by atoms with E-state index < -0.39 is 34.4 Å². The van der Waals surface area contributed by atoms with Gasteiger partial charge in [-0.1, -0.05) is 11.6 Å². The lowest BCUT2D eigenvalue weighted by Crippen LogP contribution is -2.40. The van der Waals surface area contributed by atoms with Crippen molar-refractivity contribution in [2.24, 2.45) is 5.92 Å². The first kappa shape index (κ1) is 15.9. The zero-order chi connectivity index (χ0) is 15.4. The van der Waals surface area contributed by atoms with Crippen LogP contribution in [0.3, 0.4) is 0 Å². The van der Waals surface area contributed by atoms with Gasteiger partial charge in [-0.05, 0) is 26.0 Å². The second kappa shape index (κ2) is 6.33. The maximum absolute atomic E-state index is 12.0. The molecule has 1 amide bonds. The highest BCUT2D eigenvalue weighted by Gasteiger charge is 2.25. The zero-order valence-corrected chi connectivity index (χ0v) is 11.5. The van der Waals surface area contributed by atoms with Crippen molar-refractivity contribution in [3.63, 3.8) is 0 Å². The number of nitro groups is 1. The van der Waals surface area contributed by atoms with Crippen LogP contribution in [0.1, 0.15) is 24.2 Å². The van der Waals surface area contributed by atoms with Crippen molar-refractivity contribution < 1.29 is 19.6 Å². The van der Waals surface area contributed by atoms with E-state index in [0.717, 1.165) is 6.07 Å². The van der Waals surface area contributed by atoms with Gasteiger partial charge in [0.1, 0.15) is 5.56 Å². The van der Waals surface area contributed by atoms with Crippen LogP contribution >= 0.6 is 11.6 Å². The predicted octanol–water partition coefficient (Wildman–Crippen LogP) is 2.09.